The van der Waals surface area contributed by atoms with Crippen LogP contribution in [0.25, 0.3) is 0 Å². The molecule has 11 N–H and O–H groups in total. The Hall–Kier alpha value is -5.52. The topological polar surface area (TPSA) is 314 Å². The second-order valence-corrected chi connectivity index (χ2v) is 19.6. The minimum absolute atomic E-state index is 0.0115. The fourth-order valence-corrected chi connectivity index (χ4v) is 8.04. The van der Waals surface area contributed by atoms with Crippen molar-refractivity contribution in [2.24, 2.45) is 46.6 Å². The lowest BCUT2D eigenvalue weighted by atomic mass is 9.88. The van der Waals surface area contributed by atoms with E-state index in [2.05, 4.69) is 90.7 Å². The molecule has 2 rings (SSSR count). The first kappa shape index (κ1) is 89.3. The number of amides is 5. The molecule has 0 bridgehead atoms. The molecule has 81 heavy (non-hydrogen) atoms. The van der Waals surface area contributed by atoms with Gasteiger partial charge in [-0.1, -0.05) is 129 Å². The molecule has 1 aromatic carbocycles. The third kappa shape index (κ3) is 52.3. The Morgan fingerprint density at radius 2 is 1.42 bits per heavy atom. The van der Waals surface area contributed by atoms with Gasteiger partial charge in [-0.15, -0.1) is 0 Å². The van der Waals surface area contributed by atoms with Gasteiger partial charge in [0.05, 0.1) is 37.4 Å². The number of ether oxygens (including phenoxy) is 3. The molecule has 1 aromatic rings. The molecule has 0 saturated carbocycles. The zero-order chi connectivity index (χ0) is 64.3. The molecule has 1 heterocycles. The molecular formula is C60H116N10O11. The molecule has 472 valence electrons. The first-order chi connectivity index (χ1) is 38.4. The van der Waals surface area contributed by atoms with Gasteiger partial charge in [-0.05, 0) is 118 Å². The Balaban J connectivity index is -0.000000176. The number of carbonyl (C=O) groups excluding carboxylic acids is 8. The number of likely N-dealkylation sites (tertiary alicyclic amines) is 1. The summed E-state index contributed by atoms with van der Waals surface area (Å²) >= 11 is 0. The number of carbonyl (C=O) groups is 8. The number of primary amides is 2. The standard InChI is InChI=1S/C22H37N3O4.C11H23NO2.C7H16N2O.C7H8.C5H12N2O.C5H10O.CH3NO.CH5N.CH2O/c1-6-9-18(10-7-2)22(29-16-24-21(27)14-23-15-26)17(3)13-20(28-5)19-11-8-12-25(19)4;1-6-9(2)11(12(3)4)10(14-5)7-8-13;1-5(2)6(7(8)10)9(3)4;1-7-5-3-2-4-6-7;1-2-3-7-5(8)4-6;1-5(2)3-4-6;2-1-3;2*1-2/h6-7,9-10,15,17,19-20,22H,1,8,11-14,16H2,2-5H3,(H,23,26)(H,24,27);8-11H,6-7H2,1-5H3;5-6H,1-4H3,(H2,8,10);2-6H,1H3;2-4,6H2,1H3,(H,7,8);4-5H,3H2,1-2H3;1H,(H2,2,3);2H2,1H3;1H2/b10-7-,18-9+;;;;;;;;/t17-,19?,20?,22?;;;;;;;;/m0......../s1. The largest absolute Gasteiger partial charge is 0.380 e. The third-order valence-corrected chi connectivity index (χ3v) is 11.9. The molecular weight excluding hydrogens is 1040 g/mol. The Kier molecular flexibility index (Phi) is 70.2. The van der Waals surface area contributed by atoms with Crippen LogP contribution in [0.2, 0.25) is 0 Å². The average molecular weight is 1150 g/mol. The van der Waals surface area contributed by atoms with Crippen molar-refractivity contribution in [3.8, 4) is 0 Å². The molecule has 5 amide bonds. The number of hydrogen-bond donors (Lipinski definition) is 7. The Bertz CT molecular complexity index is 1710. The van der Waals surface area contributed by atoms with E-state index in [1.165, 1.54) is 19.0 Å². The zero-order valence-electron chi connectivity index (χ0n) is 53.3. The SMILES string of the molecule is C=C/C=C(\C=C/C)C(OCNC(=O)CNC=O)[C@@H](C)CC(OC)C1CCCN1C.C=O.CC(C)C(C(N)=O)N(C)C.CC(C)CC=O.CCC(C)C(C(CC=O)OC)N(C)C.CCCNC(=O)CN.CN.Cc1ccccc1.NC=O. The highest BCUT2D eigenvalue weighted by molar-refractivity contribution is 5.80. The summed E-state index contributed by atoms with van der Waals surface area (Å²) < 4.78 is 17.3. The van der Waals surface area contributed by atoms with Crippen molar-refractivity contribution < 1.29 is 52.6 Å². The van der Waals surface area contributed by atoms with Crippen LogP contribution in [0.4, 0.5) is 0 Å². The van der Waals surface area contributed by atoms with Crippen LogP contribution < -0.4 is 38.9 Å². The number of nitrogens with two attached hydrogens (primary N) is 4. The van der Waals surface area contributed by atoms with Crippen molar-refractivity contribution in [1.82, 2.24) is 30.7 Å². The van der Waals surface area contributed by atoms with Crippen molar-refractivity contribution in [1.29, 1.82) is 0 Å². The lowest BCUT2D eigenvalue weighted by molar-refractivity contribution is -0.124. The number of nitrogens with one attached hydrogen (secondary N) is 3. The normalized spacial score (nSPS) is 14.9. The van der Waals surface area contributed by atoms with Gasteiger partial charge in [0, 0.05) is 45.7 Å². The van der Waals surface area contributed by atoms with Crippen LogP contribution in [0, 0.1) is 30.6 Å². The minimum Gasteiger partial charge on any atom is -0.380 e. The fourth-order valence-electron chi connectivity index (χ4n) is 8.04. The highest BCUT2D eigenvalue weighted by Crippen LogP contribution is 2.29. The first-order valence-electron chi connectivity index (χ1n) is 27.7. The van der Waals surface area contributed by atoms with Crippen LogP contribution in [0.15, 0.2) is 66.8 Å². The molecule has 8 atom stereocenters. The summed E-state index contributed by atoms with van der Waals surface area (Å²) in [5.41, 5.74) is 21.1. The summed E-state index contributed by atoms with van der Waals surface area (Å²) in [7, 11) is 14.9. The Morgan fingerprint density at radius 3 is 1.73 bits per heavy atom. The van der Waals surface area contributed by atoms with E-state index in [0.29, 0.717) is 43.2 Å². The summed E-state index contributed by atoms with van der Waals surface area (Å²) in [5, 5.41) is 7.63. The number of aldehydes is 2. The maximum absolute atomic E-state index is 11.7. The van der Waals surface area contributed by atoms with Gasteiger partial charge in [-0.3, -0.25) is 28.9 Å². The van der Waals surface area contributed by atoms with Gasteiger partial charge >= 0.3 is 0 Å². The number of likely N-dealkylation sites (N-methyl/N-ethyl adjacent to an activating group) is 3. The number of aryl methyl sites for hydroxylation is 1. The number of benzene rings is 1. The molecule has 1 fully saturated rings. The minimum atomic E-state index is -0.300. The van der Waals surface area contributed by atoms with Crippen molar-refractivity contribution in [2.45, 2.75) is 151 Å². The van der Waals surface area contributed by atoms with Gasteiger partial charge in [0.1, 0.15) is 26.1 Å². The number of rotatable bonds is 29. The predicted octanol–water partition coefficient (Wildman–Crippen LogP) is 4.83. The Morgan fingerprint density at radius 1 is 0.864 bits per heavy atom. The lowest BCUT2D eigenvalue weighted by Crippen LogP contribution is -2.44. The second-order valence-electron chi connectivity index (χ2n) is 19.6. The summed E-state index contributed by atoms with van der Waals surface area (Å²) in [5.74, 6) is 0.879. The van der Waals surface area contributed by atoms with Gasteiger partial charge < -0.3 is 77.3 Å². The van der Waals surface area contributed by atoms with Gasteiger partial charge in [0.2, 0.25) is 30.5 Å². The van der Waals surface area contributed by atoms with E-state index in [9.17, 15) is 28.8 Å². The van der Waals surface area contributed by atoms with Crippen LogP contribution in [0.1, 0.15) is 113 Å². The van der Waals surface area contributed by atoms with Gasteiger partial charge in [-0.25, -0.2) is 0 Å². The summed E-state index contributed by atoms with van der Waals surface area (Å²) in [6, 6.07) is 10.8. The summed E-state index contributed by atoms with van der Waals surface area (Å²) in [6.07, 6.45) is 16.6. The lowest BCUT2D eigenvalue weighted by Gasteiger charge is -2.34. The average Bonchev–Trinajstić information content (AvgIpc) is 3.86. The smallest absolute Gasteiger partial charge is 0.241 e. The van der Waals surface area contributed by atoms with Crippen molar-refractivity contribution in [3.05, 3.63) is 72.4 Å². The molecule has 0 radical (unpaired) electrons. The molecule has 1 aliphatic rings. The van der Waals surface area contributed by atoms with E-state index in [0.717, 1.165) is 56.9 Å². The van der Waals surface area contributed by atoms with Crippen LogP contribution in [0.5, 0.6) is 0 Å². The van der Waals surface area contributed by atoms with E-state index in [1.807, 2.05) is 118 Å². The zero-order valence-corrected chi connectivity index (χ0v) is 53.3. The third-order valence-electron chi connectivity index (χ3n) is 11.9. The number of allylic oxidation sites excluding steroid dienone is 3. The number of hydrogen-bond acceptors (Lipinski definition) is 16. The quantitative estimate of drug-likeness (QED) is 0.0321. The maximum Gasteiger partial charge on any atom is 0.241 e. The molecule has 0 spiro atoms. The number of methoxy groups -OCH3 is 2. The van der Waals surface area contributed by atoms with E-state index in [4.69, 9.17) is 35.3 Å². The summed E-state index contributed by atoms with van der Waals surface area (Å²) in [6.45, 7) is 28.3. The van der Waals surface area contributed by atoms with Crippen LogP contribution in [-0.2, 0) is 52.6 Å². The van der Waals surface area contributed by atoms with E-state index >= 15 is 0 Å². The van der Waals surface area contributed by atoms with E-state index < -0.39 is 0 Å². The molecule has 21 heteroatoms. The second kappa shape index (κ2) is 63.7. The Labute approximate surface area is 490 Å². The van der Waals surface area contributed by atoms with Crippen molar-refractivity contribution in [2.75, 3.05) is 89.4 Å². The molecule has 1 saturated heterocycles. The fraction of sp³-hybridized carbons (Fsp3) is 0.667. The summed E-state index contributed by atoms with van der Waals surface area (Å²) in [4.78, 5) is 86.2. The highest BCUT2D eigenvalue weighted by atomic mass is 16.5. The van der Waals surface area contributed by atoms with Gasteiger partial charge in [0.15, 0.2) is 0 Å². The first-order valence-corrected chi connectivity index (χ1v) is 27.7. The van der Waals surface area contributed by atoms with Crippen LogP contribution in [-0.4, -0.2) is 190 Å². The molecule has 0 aliphatic carbocycles. The van der Waals surface area contributed by atoms with Gasteiger partial charge in [0.25, 0.3) is 0 Å². The highest BCUT2D eigenvalue weighted by Gasteiger charge is 2.33. The maximum atomic E-state index is 11.7. The van der Waals surface area contributed by atoms with E-state index in [-0.39, 0.29) is 80.1 Å². The van der Waals surface area contributed by atoms with Crippen molar-refractivity contribution >= 4 is 49.9 Å². The van der Waals surface area contributed by atoms with E-state index in [1.54, 1.807) is 20.3 Å². The number of nitrogens with zero attached hydrogens (tertiary/aromatic N) is 3. The molecule has 7 unspecified atom stereocenters. The van der Waals surface area contributed by atoms with Crippen LogP contribution >= 0.6 is 0 Å². The molecule has 21 nitrogen and oxygen atoms in total. The predicted molar refractivity (Wildman–Crippen MR) is 332 cm³/mol. The van der Waals surface area contributed by atoms with Crippen LogP contribution in [0.3, 0.4) is 0 Å². The van der Waals surface area contributed by atoms with Crippen molar-refractivity contribution in [3.63, 3.8) is 0 Å². The molecule has 1 aliphatic heterocycles. The molecule has 0 aromatic heterocycles. The monoisotopic (exact) mass is 1150 g/mol. The van der Waals surface area contributed by atoms with Gasteiger partial charge in [-0.2, -0.15) is 0 Å².